The van der Waals surface area contributed by atoms with Crippen LogP contribution in [0.4, 0.5) is 30.7 Å². The van der Waals surface area contributed by atoms with Gasteiger partial charge in [0, 0.05) is 0 Å². The summed E-state index contributed by atoms with van der Waals surface area (Å²) in [4.78, 5) is 0. The Morgan fingerprint density at radius 3 is 2.04 bits per heavy atom. The Labute approximate surface area is 147 Å². The molecule has 0 aliphatic rings. The zero-order chi connectivity index (χ0) is 19.5. The number of nitrogens with one attached hydrogen (secondary N) is 1. The Kier molecular flexibility index (Phi) is 6.57. The molecule has 0 bridgehead atoms. The van der Waals surface area contributed by atoms with Gasteiger partial charge in [0.25, 0.3) is 0 Å². The number of nitrogens with zero attached hydrogens (tertiary/aromatic N) is 1. The van der Waals surface area contributed by atoms with Gasteiger partial charge in [0.1, 0.15) is 6.61 Å². The van der Waals surface area contributed by atoms with E-state index in [0.717, 1.165) is 12.1 Å². The minimum atomic E-state index is -6.46. The zero-order valence-corrected chi connectivity index (χ0v) is 13.5. The molecule has 140 valence electrons. The molecule has 0 unspecified atom stereocenters. The maximum absolute atomic E-state index is 13.0. The topological polar surface area (TPSA) is 33.6 Å². The van der Waals surface area contributed by atoms with Crippen molar-refractivity contribution in [2.75, 3.05) is 6.61 Å². The first-order chi connectivity index (χ1) is 11.3. The first-order valence-corrected chi connectivity index (χ1v) is 6.94. The third-order valence-electron chi connectivity index (χ3n) is 2.54. The van der Waals surface area contributed by atoms with Gasteiger partial charge in [0.2, 0.25) is 0 Å². The van der Waals surface area contributed by atoms with Gasteiger partial charge in [-0.2, -0.15) is 35.8 Å². The van der Waals surface area contributed by atoms with Crippen molar-refractivity contribution in [3.8, 4) is 5.75 Å². The minimum Gasteiger partial charge on any atom is -0.486 e. The molecule has 1 rings (SSSR count). The SMILES string of the molecule is C=CCOc1c(Cl)cc(/C=N/NC(F)(F)C(F)(F)C(F)(F)F)cc1Cl. The monoisotopic (exact) mass is 412 g/mol. The highest BCUT2D eigenvalue weighted by molar-refractivity contribution is 6.37. The molecule has 1 aromatic carbocycles. The van der Waals surface area contributed by atoms with Crippen LogP contribution in [-0.4, -0.2) is 31.0 Å². The predicted octanol–water partition coefficient (Wildman–Crippen LogP) is 5.27. The lowest BCUT2D eigenvalue weighted by atomic mass is 10.2. The second-order valence-corrected chi connectivity index (χ2v) is 5.24. The molecular weight excluding hydrogens is 404 g/mol. The minimum absolute atomic E-state index is 0.0438. The number of hydrogen-bond acceptors (Lipinski definition) is 3. The summed E-state index contributed by atoms with van der Waals surface area (Å²) in [6, 6.07) is -3.42. The Morgan fingerprint density at radius 1 is 1.08 bits per heavy atom. The van der Waals surface area contributed by atoms with E-state index in [2.05, 4.69) is 11.7 Å². The van der Waals surface area contributed by atoms with Crippen molar-refractivity contribution >= 4 is 29.4 Å². The zero-order valence-electron chi connectivity index (χ0n) is 12.0. The molecule has 0 spiro atoms. The second kappa shape index (κ2) is 7.69. The molecule has 0 heterocycles. The van der Waals surface area contributed by atoms with Crippen LogP contribution in [-0.2, 0) is 0 Å². The lowest BCUT2D eigenvalue weighted by molar-refractivity contribution is -0.361. The van der Waals surface area contributed by atoms with Crippen molar-refractivity contribution < 1.29 is 35.5 Å². The molecule has 0 atom stereocenters. The van der Waals surface area contributed by atoms with Gasteiger partial charge < -0.3 is 4.74 Å². The highest BCUT2D eigenvalue weighted by atomic mass is 35.5. The number of hydrazone groups is 1. The number of hydrogen-bond donors (Lipinski definition) is 1. The van der Waals surface area contributed by atoms with Crippen LogP contribution >= 0.6 is 23.2 Å². The van der Waals surface area contributed by atoms with Crippen LogP contribution in [0.5, 0.6) is 5.75 Å². The van der Waals surface area contributed by atoms with Crippen LogP contribution in [0.2, 0.25) is 10.0 Å². The van der Waals surface area contributed by atoms with E-state index in [-0.39, 0.29) is 28.0 Å². The average molecular weight is 413 g/mol. The molecule has 12 heteroatoms. The van der Waals surface area contributed by atoms with E-state index in [1.807, 2.05) is 0 Å². The highest BCUT2D eigenvalue weighted by Crippen LogP contribution is 2.45. The van der Waals surface area contributed by atoms with Crippen molar-refractivity contribution in [2.24, 2.45) is 5.10 Å². The van der Waals surface area contributed by atoms with Crippen molar-refractivity contribution in [1.82, 2.24) is 5.43 Å². The van der Waals surface area contributed by atoms with E-state index in [4.69, 9.17) is 27.9 Å². The van der Waals surface area contributed by atoms with Gasteiger partial charge in [-0.05, 0) is 17.7 Å². The van der Waals surface area contributed by atoms with Crippen molar-refractivity contribution in [1.29, 1.82) is 0 Å². The van der Waals surface area contributed by atoms with Gasteiger partial charge in [-0.3, -0.25) is 0 Å². The highest BCUT2D eigenvalue weighted by Gasteiger charge is 2.73. The molecule has 0 aliphatic heterocycles. The molecule has 0 aromatic heterocycles. The molecule has 0 saturated carbocycles. The molecule has 3 nitrogen and oxygen atoms in total. The van der Waals surface area contributed by atoms with Crippen molar-refractivity contribution in [3.63, 3.8) is 0 Å². The number of rotatable bonds is 7. The van der Waals surface area contributed by atoms with Gasteiger partial charge in [0.05, 0.1) is 16.3 Å². The van der Waals surface area contributed by atoms with Gasteiger partial charge in [-0.15, -0.1) is 0 Å². The third-order valence-corrected chi connectivity index (χ3v) is 3.10. The summed E-state index contributed by atoms with van der Waals surface area (Å²) in [6.45, 7) is 3.46. The van der Waals surface area contributed by atoms with Crippen LogP contribution < -0.4 is 10.2 Å². The van der Waals surface area contributed by atoms with Crippen LogP contribution in [0, 0.1) is 0 Å². The predicted molar refractivity (Wildman–Crippen MR) is 78.8 cm³/mol. The fourth-order valence-electron chi connectivity index (χ4n) is 1.37. The molecule has 0 fully saturated rings. The normalized spacial score (nSPS) is 13.2. The van der Waals surface area contributed by atoms with Crippen LogP contribution in [0.3, 0.4) is 0 Å². The molecule has 25 heavy (non-hydrogen) atoms. The van der Waals surface area contributed by atoms with Crippen LogP contribution in [0.1, 0.15) is 5.56 Å². The molecule has 1 aromatic rings. The van der Waals surface area contributed by atoms with Crippen LogP contribution in [0.15, 0.2) is 29.9 Å². The van der Waals surface area contributed by atoms with Gasteiger partial charge in [0.15, 0.2) is 5.75 Å². The molecule has 1 N–H and O–H groups in total. The quantitative estimate of drug-likeness (QED) is 0.217. The van der Waals surface area contributed by atoms with E-state index in [9.17, 15) is 30.7 Å². The fourth-order valence-corrected chi connectivity index (χ4v) is 1.98. The Hall–Kier alpha value is -1.68. The van der Waals surface area contributed by atoms with Crippen LogP contribution in [0.25, 0.3) is 0 Å². The summed E-state index contributed by atoms with van der Waals surface area (Å²) in [6.07, 6.45) is -4.53. The smallest absolute Gasteiger partial charge is 0.462 e. The summed E-state index contributed by atoms with van der Waals surface area (Å²) in [5.41, 5.74) is 0.422. The first-order valence-electron chi connectivity index (χ1n) is 6.19. The summed E-state index contributed by atoms with van der Waals surface area (Å²) < 4.78 is 92.3. The number of benzene rings is 1. The maximum atomic E-state index is 13.0. The summed E-state index contributed by atoms with van der Waals surface area (Å²) in [5.74, 6) is -6.28. The van der Waals surface area contributed by atoms with E-state index < -0.39 is 18.1 Å². The van der Waals surface area contributed by atoms with Gasteiger partial charge >= 0.3 is 18.1 Å². The molecular formula is C13H9Cl2F7N2O. The molecule has 0 radical (unpaired) electrons. The fraction of sp³-hybridized carbons (Fsp3) is 0.308. The lowest BCUT2D eigenvalue weighted by Crippen LogP contribution is -2.58. The molecule has 0 amide bonds. The number of alkyl halides is 7. The Bertz CT molecular complexity index is 639. The van der Waals surface area contributed by atoms with E-state index >= 15 is 0 Å². The summed E-state index contributed by atoms with van der Waals surface area (Å²) in [5, 5.41) is 2.55. The second-order valence-electron chi connectivity index (χ2n) is 4.43. The number of halogens is 9. The van der Waals surface area contributed by atoms with E-state index in [0.29, 0.717) is 11.6 Å². The Balaban J connectivity index is 2.94. The maximum Gasteiger partial charge on any atom is 0.462 e. The van der Waals surface area contributed by atoms with Crippen molar-refractivity contribution in [2.45, 2.75) is 18.1 Å². The lowest BCUT2D eigenvalue weighted by Gasteiger charge is -2.27. The van der Waals surface area contributed by atoms with Gasteiger partial charge in [-0.1, -0.05) is 35.9 Å². The average Bonchev–Trinajstić information content (AvgIpc) is 2.45. The molecule has 0 saturated heterocycles. The first kappa shape index (κ1) is 21.4. The standard InChI is InChI=1S/C13H9Cl2F7N2O/c1-2-3-25-10-8(14)4-7(5-9(10)15)6-23-24-13(21,22)11(16,17)12(18,19)20/h2,4-6,24H,1,3H2/b23-6+. The summed E-state index contributed by atoms with van der Waals surface area (Å²) in [7, 11) is 0. The van der Waals surface area contributed by atoms with E-state index in [1.54, 1.807) is 0 Å². The van der Waals surface area contributed by atoms with E-state index in [1.165, 1.54) is 6.08 Å². The number of ether oxygens (including phenoxy) is 1. The molecule has 0 aliphatic carbocycles. The Morgan fingerprint density at radius 2 is 1.60 bits per heavy atom. The van der Waals surface area contributed by atoms with Gasteiger partial charge in [-0.25, -0.2) is 5.43 Å². The summed E-state index contributed by atoms with van der Waals surface area (Å²) >= 11 is 11.7. The largest absolute Gasteiger partial charge is 0.486 e. The third kappa shape index (κ3) is 4.91. The van der Waals surface area contributed by atoms with Crippen molar-refractivity contribution in [3.05, 3.63) is 40.4 Å².